The van der Waals surface area contributed by atoms with Crippen LogP contribution in [0.4, 0.5) is 21.7 Å². The Balaban J connectivity index is 1.46. The third-order valence-corrected chi connectivity index (χ3v) is 7.82. The summed E-state index contributed by atoms with van der Waals surface area (Å²) >= 11 is 0. The summed E-state index contributed by atoms with van der Waals surface area (Å²) in [6.45, 7) is 6.41. The Hall–Kier alpha value is -3.56. The van der Waals surface area contributed by atoms with Crippen LogP contribution in [0.15, 0.2) is 64.4 Å². The molecule has 1 N–H and O–H groups in total. The van der Waals surface area contributed by atoms with E-state index in [0.29, 0.717) is 29.1 Å². The van der Waals surface area contributed by atoms with Crippen molar-refractivity contribution in [3.05, 3.63) is 70.9 Å². The van der Waals surface area contributed by atoms with E-state index in [2.05, 4.69) is 50.1 Å². The zero-order valence-corrected chi connectivity index (χ0v) is 22.2. The van der Waals surface area contributed by atoms with Crippen LogP contribution in [0, 0.1) is 5.82 Å². The SMILES string of the molecule is C=S(C)c1ccc(F)c(-c2cc3cnc(Nc4ccc(N5CCN(C)CC5)cc4)nc3n(CC)c2=O)c1. The van der Waals surface area contributed by atoms with Crippen LogP contribution in [0.5, 0.6) is 0 Å². The van der Waals surface area contributed by atoms with Crippen molar-refractivity contribution in [2.45, 2.75) is 18.4 Å². The lowest BCUT2D eigenvalue weighted by Gasteiger charge is -2.34. The van der Waals surface area contributed by atoms with E-state index in [9.17, 15) is 9.18 Å². The van der Waals surface area contributed by atoms with Gasteiger partial charge in [-0.15, -0.1) is 0 Å². The molecule has 2 aromatic carbocycles. The highest BCUT2D eigenvalue weighted by Crippen LogP contribution is 2.30. The minimum Gasteiger partial charge on any atom is -0.369 e. The first-order valence-electron chi connectivity index (χ1n) is 12.3. The van der Waals surface area contributed by atoms with Gasteiger partial charge < -0.3 is 15.1 Å². The van der Waals surface area contributed by atoms with Gasteiger partial charge in [-0.25, -0.2) is 9.37 Å². The van der Waals surface area contributed by atoms with E-state index in [1.165, 1.54) is 11.8 Å². The fourth-order valence-electron chi connectivity index (χ4n) is 4.58. The molecular formula is C28H31FN6OS. The number of anilines is 3. The number of likely N-dealkylation sites (N-methyl/N-ethyl adjacent to an activating group) is 1. The topological polar surface area (TPSA) is 66.3 Å². The van der Waals surface area contributed by atoms with E-state index in [1.54, 1.807) is 29.0 Å². The minimum atomic E-state index is -0.437. The van der Waals surface area contributed by atoms with Crippen LogP contribution in [0.25, 0.3) is 22.2 Å². The van der Waals surface area contributed by atoms with Crippen LogP contribution in [-0.2, 0) is 6.54 Å². The van der Waals surface area contributed by atoms with Crippen LogP contribution in [0.1, 0.15) is 6.92 Å². The maximum atomic E-state index is 14.8. The summed E-state index contributed by atoms with van der Waals surface area (Å²) in [6.07, 6.45) is 3.63. The highest BCUT2D eigenvalue weighted by molar-refractivity contribution is 8.13. The summed E-state index contributed by atoms with van der Waals surface area (Å²) in [6, 6.07) is 14.7. The first kappa shape index (κ1) is 25.1. The van der Waals surface area contributed by atoms with Crippen molar-refractivity contribution >= 4 is 44.7 Å². The number of nitrogens with one attached hydrogen (secondary N) is 1. The van der Waals surface area contributed by atoms with Gasteiger partial charge in [0, 0.05) is 66.1 Å². The van der Waals surface area contributed by atoms with Gasteiger partial charge >= 0.3 is 0 Å². The Morgan fingerprint density at radius 2 is 1.78 bits per heavy atom. The summed E-state index contributed by atoms with van der Waals surface area (Å²) in [5.41, 5.74) is 2.84. The zero-order valence-electron chi connectivity index (χ0n) is 21.4. The molecule has 1 aliphatic rings. The molecule has 0 spiro atoms. The molecule has 1 saturated heterocycles. The molecule has 0 saturated carbocycles. The monoisotopic (exact) mass is 518 g/mol. The van der Waals surface area contributed by atoms with Crippen LogP contribution in [0.3, 0.4) is 0 Å². The number of piperazine rings is 1. The highest BCUT2D eigenvalue weighted by Gasteiger charge is 2.17. The fraction of sp³-hybridized carbons (Fsp3) is 0.286. The molecule has 0 radical (unpaired) electrons. The molecule has 4 aromatic rings. The van der Waals surface area contributed by atoms with Crippen LogP contribution in [0.2, 0.25) is 0 Å². The molecule has 0 aliphatic carbocycles. The third-order valence-electron chi connectivity index (χ3n) is 6.77. The number of rotatable bonds is 6. The summed E-state index contributed by atoms with van der Waals surface area (Å²) in [5, 5.41) is 3.92. The quantitative estimate of drug-likeness (QED) is 0.370. The fourth-order valence-corrected chi connectivity index (χ4v) is 5.20. The van der Waals surface area contributed by atoms with Crippen molar-refractivity contribution < 1.29 is 4.39 Å². The number of pyridine rings is 1. The second-order valence-corrected chi connectivity index (χ2v) is 11.1. The maximum Gasteiger partial charge on any atom is 0.260 e. The molecule has 9 heteroatoms. The number of halogens is 1. The van der Waals surface area contributed by atoms with Crippen molar-refractivity contribution in [3.63, 3.8) is 0 Å². The van der Waals surface area contributed by atoms with E-state index >= 15 is 0 Å². The lowest BCUT2D eigenvalue weighted by atomic mass is 10.1. The van der Waals surface area contributed by atoms with Crippen LogP contribution < -0.4 is 15.8 Å². The van der Waals surface area contributed by atoms with Gasteiger partial charge in [0.1, 0.15) is 11.5 Å². The molecule has 192 valence electrons. The molecule has 3 heterocycles. The first-order valence-corrected chi connectivity index (χ1v) is 14.1. The van der Waals surface area contributed by atoms with Gasteiger partial charge in [0.05, 0.1) is 5.56 Å². The molecule has 1 aliphatic heterocycles. The van der Waals surface area contributed by atoms with E-state index in [4.69, 9.17) is 0 Å². The van der Waals surface area contributed by atoms with Gasteiger partial charge in [0.15, 0.2) is 0 Å². The average Bonchev–Trinajstić information content (AvgIpc) is 2.90. The van der Waals surface area contributed by atoms with Crippen molar-refractivity contribution in [2.24, 2.45) is 0 Å². The van der Waals surface area contributed by atoms with Gasteiger partial charge in [-0.05, 0) is 68.8 Å². The number of aromatic nitrogens is 3. The van der Waals surface area contributed by atoms with E-state index in [0.717, 1.165) is 36.8 Å². The normalized spacial score (nSPS) is 15.2. The molecule has 37 heavy (non-hydrogen) atoms. The minimum absolute atomic E-state index is 0.275. The molecule has 0 bridgehead atoms. The van der Waals surface area contributed by atoms with Gasteiger partial charge in [-0.2, -0.15) is 15.5 Å². The standard InChI is InChI=1S/C28H31FN6OS/c1-5-35-26-19(16-24(27(35)36)23-17-22(37(3)4)10-11-25(23)29)18-30-28(32-26)31-20-6-8-21(9-7-20)34-14-12-33(2)13-15-34/h6-11,16-18H,3,5,12-15H2,1-2,4H3,(H,30,31,32). The molecule has 5 rings (SSSR count). The number of fused-ring (bicyclic) bond motifs is 1. The van der Waals surface area contributed by atoms with Crippen molar-refractivity contribution in [1.82, 2.24) is 19.4 Å². The van der Waals surface area contributed by atoms with Crippen molar-refractivity contribution in [2.75, 3.05) is 49.7 Å². The largest absolute Gasteiger partial charge is 0.369 e. The number of aryl methyl sites for hydroxylation is 1. The lowest BCUT2D eigenvalue weighted by molar-refractivity contribution is 0.313. The van der Waals surface area contributed by atoms with Crippen molar-refractivity contribution in [3.8, 4) is 11.1 Å². The van der Waals surface area contributed by atoms with Crippen LogP contribution in [-0.4, -0.2) is 64.8 Å². The molecule has 0 amide bonds. The maximum absolute atomic E-state index is 14.8. The number of hydrogen-bond donors (Lipinski definition) is 1. The molecule has 1 fully saturated rings. The van der Waals surface area contributed by atoms with Gasteiger partial charge in [-0.3, -0.25) is 9.36 Å². The Kier molecular flexibility index (Phi) is 7.08. The number of benzene rings is 2. The second kappa shape index (κ2) is 10.4. The molecule has 1 atom stereocenters. The smallest absolute Gasteiger partial charge is 0.260 e. The Bertz CT molecular complexity index is 1530. The second-order valence-electron chi connectivity index (χ2n) is 9.32. The lowest BCUT2D eigenvalue weighted by Crippen LogP contribution is -2.44. The highest BCUT2D eigenvalue weighted by atomic mass is 32.2. The molecule has 7 nitrogen and oxygen atoms in total. The van der Waals surface area contributed by atoms with E-state index in [-0.39, 0.29) is 21.6 Å². The first-order chi connectivity index (χ1) is 17.8. The molecule has 1 unspecified atom stereocenters. The summed E-state index contributed by atoms with van der Waals surface area (Å²) in [4.78, 5) is 28.2. The third kappa shape index (κ3) is 5.14. The van der Waals surface area contributed by atoms with E-state index < -0.39 is 5.82 Å². The molecule has 2 aromatic heterocycles. The predicted molar refractivity (Wildman–Crippen MR) is 153 cm³/mol. The summed E-state index contributed by atoms with van der Waals surface area (Å²) < 4.78 is 16.4. The number of nitrogens with zero attached hydrogens (tertiary/aromatic N) is 5. The molecular weight excluding hydrogens is 487 g/mol. The van der Waals surface area contributed by atoms with Gasteiger partial charge in [0.2, 0.25) is 5.95 Å². The Morgan fingerprint density at radius 3 is 2.46 bits per heavy atom. The summed E-state index contributed by atoms with van der Waals surface area (Å²) in [5.74, 6) is 4.01. The average molecular weight is 519 g/mol. The number of hydrogen-bond acceptors (Lipinski definition) is 6. The van der Waals surface area contributed by atoms with E-state index in [1.807, 2.05) is 25.3 Å². The van der Waals surface area contributed by atoms with Crippen LogP contribution >= 0.6 is 10.5 Å². The Morgan fingerprint density at radius 1 is 1.05 bits per heavy atom. The Labute approximate surface area is 218 Å². The predicted octanol–water partition coefficient (Wildman–Crippen LogP) is 4.80. The van der Waals surface area contributed by atoms with Gasteiger partial charge in [0.25, 0.3) is 5.56 Å². The van der Waals surface area contributed by atoms with Crippen molar-refractivity contribution in [1.29, 1.82) is 0 Å². The summed E-state index contributed by atoms with van der Waals surface area (Å²) in [7, 11) is 1.84. The van der Waals surface area contributed by atoms with Gasteiger partial charge in [-0.1, -0.05) is 5.87 Å². The zero-order chi connectivity index (χ0) is 26.1.